The number of amides is 1. The molecule has 0 saturated heterocycles. The highest BCUT2D eigenvalue weighted by Gasteiger charge is 2.25. The Morgan fingerprint density at radius 2 is 2.03 bits per heavy atom. The first-order valence-corrected chi connectivity index (χ1v) is 11.5. The average Bonchev–Trinajstić information content (AvgIpc) is 3.18. The molecule has 0 atom stereocenters. The summed E-state index contributed by atoms with van der Waals surface area (Å²) in [5.74, 6) is 2.11. The SMILES string of the molecule is Cc1oc2c(C(N)=O)cccc2c1-c1nc(NCc2cccc(B(O)O)c2)c2c(n1)N(C)CCC2. The summed E-state index contributed by atoms with van der Waals surface area (Å²) in [7, 11) is 0.487. The van der Waals surface area contributed by atoms with E-state index in [1.165, 1.54) is 0 Å². The molecule has 4 aromatic rings. The molecule has 1 aliphatic rings. The number of fused-ring (bicyclic) bond motifs is 2. The second kappa shape index (κ2) is 9.05. The molecule has 2 aromatic heterocycles. The normalized spacial score (nSPS) is 13.1. The van der Waals surface area contributed by atoms with Crippen LogP contribution in [0.5, 0.6) is 0 Å². The van der Waals surface area contributed by atoms with Gasteiger partial charge in [-0.05, 0) is 36.9 Å². The quantitative estimate of drug-likeness (QED) is 0.313. The lowest BCUT2D eigenvalue weighted by Crippen LogP contribution is -2.30. The summed E-state index contributed by atoms with van der Waals surface area (Å²) >= 11 is 0. The van der Waals surface area contributed by atoms with Gasteiger partial charge < -0.3 is 30.4 Å². The van der Waals surface area contributed by atoms with E-state index in [4.69, 9.17) is 20.1 Å². The molecule has 0 fully saturated rings. The average molecular weight is 471 g/mol. The highest BCUT2D eigenvalue weighted by Crippen LogP contribution is 2.38. The van der Waals surface area contributed by atoms with Crippen molar-refractivity contribution in [2.24, 2.45) is 5.73 Å². The molecule has 9 nitrogen and oxygen atoms in total. The number of nitrogens with two attached hydrogens (primary N) is 1. The van der Waals surface area contributed by atoms with Gasteiger partial charge in [-0.2, -0.15) is 0 Å². The number of hydrogen-bond acceptors (Lipinski definition) is 8. The van der Waals surface area contributed by atoms with E-state index >= 15 is 0 Å². The van der Waals surface area contributed by atoms with Gasteiger partial charge in [-0.3, -0.25) is 4.79 Å². The summed E-state index contributed by atoms with van der Waals surface area (Å²) in [6.45, 7) is 3.16. The number of aromatic nitrogens is 2. The number of carbonyl (C=O) groups excluding carboxylic acids is 1. The van der Waals surface area contributed by atoms with Gasteiger partial charge in [0.1, 0.15) is 23.0 Å². The molecule has 178 valence electrons. The fraction of sp³-hybridized carbons (Fsp3) is 0.240. The maximum atomic E-state index is 11.9. The number of primary amides is 1. The molecule has 3 heterocycles. The van der Waals surface area contributed by atoms with Gasteiger partial charge in [-0.25, -0.2) is 9.97 Å². The number of nitrogens with one attached hydrogen (secondary N) is 1. The van der Waals surface area contributed by atoms with Crippen LogP contribution in [-0.4, -0.2) is 46.6 Å². The van der Waals surface area contributed by atoms with Gasteiger partial charge >= 0.3 is 7.12 Å². The molecule has 0 spiro atoms. The Morgan fingerprint density at radius 3 is 2.80 bits per heavy atom. The Hall–Kier alpha value is -3.89. The van der Waals surface area contributed by atoms with Crippen LogP contribution in [0.1, 0.15) is 33.7 Å². The van der Waals surface area contributed by atoms with Gasteiger partial charge in [-0.15, -0.1) is 0 Å². The van der Waals surface area contributed by atoms with Crippen molar-refractivity contribution in [1.82, 2.24) is 9.97 Å². The van der Waals surface area contributed by atoms with E-state index in [0.717, 1.165) is 47.3 Å². The van der Waals surface area contributed by atoms with Crippen LogP contribution in [0.2, 0.25) is 0 Å². The highest BCUT2D eigenvalue weighted by atomic mass is 16.4. The zero-order valence-corrected chi connectivity index (χ0v) is 19.6. The summed E-state index contributed by atoms with van der Waals surface area (Å²) in [5.41, 5.74) is 9.38. The standard InChI is InChI=1S/C25H26BN5O4/c1-14-20(17-8-4-9-18(22(27)32)21(17)35-14)24-29-23(19-10-5-11-31(2)25(19)30-24)28-13-15-6-3-7-16(12-15)26(33)34/h3-4,6-9,12,33-34H,5,10-11,13H2,1-2H3,(H2,27,32)(H,28,29,30). The number of anilines is 2. The monoisotopic (exact) mass is 471 g/mol. The summed E-state index contributed by atoms with van der Waals surface area (Å²) in [6.07, 6.45) is 1.83. The van der Waals surface area contributed by atoms with Crippen molar-refractivity contribution in [3.8, 4) is 11.4 Å². The summed E-state index contributed by atoms with van der Waals surface area (Å²) in [5, 5.41) is 23.2. The van der Waals surface area contributed by atoms with Crippen LogP contribution in [0.4, 0.5) is 11.6 Å². The zero-order chi connectivity index (χ0) is 24.7. The third-order valence-electron chi connectivity index (χ3n) is 6.36. The van der Waals surface area contributed by atoms with Gasteiger partial charge in [-0.1, -0.05) is 36.4 Å². The van der Waals surface area contributed by atoms with Gasteiger partial charge in [0.15, 0.2) is 5.82 Å². The molecule has 0 unspecified atom stereocenters. The molecule has 0 saturated carbocycles. The van der Waals surface area contributed by atoms with Crippen molar-refractivity contribution >= 4 is 41.1 Å². The maximum Gasteiger partial charge on any atom is 0.488 e. The van der Waals surface area contributed by atoms with Gasteiger partial charge in [0, 0.05) is 31.1 Å². The first kappa shape index (κ1) is 22.9. The van der Waals surface area contributed by atoms with Crippen LogP contribution in [0.15, 0.2) is 46.9 Å². The molecule has 1 aliphatic heterocycles. The first-order chi connectivity index (χ1) is 16.8. The number of nitrogens with zero attached hydrogens (tertiary/aromatic N) is 3. The molecule has 0 bridgehead atoms. The van der Waals surface area contributed by atoms with Crippen LogP contribution in [-0.2, 0) is 13.0 Å². The van der Waals surface area contributed by atoms with Gasteiger partial charge in [0.25, 0.3) is 5.91 Å². The van der Waals surface area contributed by atoms with Crippen molar-refractivity contribution in [1.29, 1.82) is 0 Å². The Balaban J connectivity index is 1.60. The van der Waals surface area contributed by atoms with Crippen molar-refractivity contribution < 1.29 is 19.3 Å². The zero-order valence-electron chi connectivity index (χ0n) is 19.6. The van der Waals surface area contributed by atoms with Crippen molar-refractivity contribution in [2.75, 3.05) is 23.8 Å². The Morgan fingerprint density at radius 1 is 1.23 bits per heavy atom. The van der Waals surface area contributed by atoms with E-state index in [9.17, 15) is 14.8 Å². The van der Waals surface area contributed by atoms with Crippen LogP contribution in [0.3, 0.4) is 0 Å². The van der Waals surface area contributed by atoms with Crippen LogP contribution in [0, 0.1) is 6.92 Å². The van der Waals surface area contributed by atoms with Crippen molar-refractivity contribution in [3.05, 3.63) is 64.9 Å². The molecule has 5 rings (SSSR count). The minimum Gasteiger partial charge on any atom is -0.460 e. The number of benzene rings is 2. The topological polar surface area (TPSA) is 138 Å². The highest BCUT2D eigenvalue weighted by molar-refractivity contribution is 6.58. The smallest absolute Gasteiger partial charge is 0.460 e. The Kier molecular flexibility index (Phi) is 5.92. The molecule has 2 aromatic carbocycles. The third kappa shape index (κ3) is 4.22. The molecular weight excluding hydrogens is 445 g/mol. The van der Waals surface area contributed by atoms with E-state index < -0.39 is 13.0 Å². The summed E-state index contributed by atoms with van der Waals surface area (Å²) in [4.78, 5) is 23.8. The van der Waals surface area contributed by atoms with Crippen LogP contribution in [0.25, 0.3) is 22.4 Å². The summed E-state index contributed by atoms with van der Waals surface area (Å²) in [6, 6.07) is 12.4. The molecule has 10 heteroatoms. The minimum atomic E-state index is -1.52. The predicted octanol–water partition coefficient (Wildman–Crippen LogP) is 1.97. The van der Waals surface area contributed by atoms with E-state index in [1.807, 2.05) is 26.1 Å². The molecule has 1 amide bonds. The molecule has 0 radical (unpaired) electrons. The Labute approximate surface area is 202 Å². The molecule has 0 aliphatic carbocycles. The van der Waals surface area contributed by atoms with Crippen LogP contribution < -0.4 is 21.4 Å². The lowest BCUT2D eigenvalue weighted by molar-refractivity contribution is 0.100. The van der Waals surface area contributed by atoms with E-state index in [2.05, 4.69) is 10.2 Å². The predicted molar refractivity (Wildman–Crippen MR) is 136 cm³/mol. The van der Waals surface area contributed by atoms with E-state index in [-0.39, 0.29) is 0 Å². The van der Waals surface area contributed by atoms with E-state index in [1.54, 1.807) is 30.3 Å². The lowest BCUT2D eigenvalue weighted by Gasteiger charge is -2.28. The molecule has 5 N–H and O–H groups in total. The van der Waals surface area contributed by atoms with Crippen LogP contribution >= 0.6 is 0 Å². The number of para-hydroxylation sites is 1. The number of aryl methyl sites for hydroxylation is 1. The molecule has 35 heavy (non-hydrogen) atoms. The minimum absolute atomic E-state index is 0.316. The number of rotatable bonds is 6. The number of carbonyl (C=O) groups is 1. The third-order valence-corrected chi connectivity index (χ3v) is 6.36. The van der Waals surface area contributed by atoms with Crippen molar-refractivity contribution in [2.45, 2.75) is 26.3 Å². The van der Waals surface area contributed by atoms with Gasteiger partial charge in [0.05, 0.1) is 11.1 Å². The molecular formula is C25H26BN5O4. The summed E-state index contributed by atoms with van der Waals surface area (Å²) < 4.78 is 5.96. The number of furan rings is 1. The number of hydrogen-bond donors (Lipinski definition) is 4. The lowest BCUT2D eigenvalue weighted by atomic mass is 9.79. The second-order valence-corrected chi connectivity index (χ2v) is 8.78. The fourth-order valence-corrected chi connectivity index (χ4v) is 4.63. The van der Waals surface area contributed by atoms with Gasteiger partial charge in [0.2, 0.25) is 0 Å². The Bertz CT molecular complexity index is 1440. The second-order valence-electron chi connectivity index (χ2n) is 8.78. The largest absolute Gasteiger partial charge is 0.488 e. The van der Waals surface area contributed by atoms with E-state index in [0.29, 0.717) is 40.6 Å². The van der Waals surface area contributed by atoms with Crippen molar-refractivity contribution in [3.63, 3.8) is 0 Å². The first-order valence-electron chi connectivity index (χ1n) is 11.5. The fourth-order valence-electron chi connectivity index (χ4n) is 4.63. The maximum absolute atomic E-state index is 11.9.